The minimum absolute atomic E-state index is 0.253. The summed E-state index contributed by atoms with van der Waals surface area (Å²) in [6.45, 7) is 6.05. The quantitative estimate of drug-likeness (QED) is 0.677. The summed E-state index contributed by atoms with van der Waals surface area (Å²) in [5.41, 5.74) is -0.544. The van der Waals surface area contributed by atoms with Gasteiger partial charge in [0.2, 0.25) is 0 Å². The van der Waals surface area contributed by atoms with Gasteiger partial charge in [-0.05, 0) is 27.2 Å². The van der Waals surface area contributed by atoms with Crippen molar-refractivity contribution in [3.05, 3.63) is 0 Å². The molecule has 1 heterocycles. The lowest BCUT2D eigenvalue weighted by atomic mass is 10.2. The maximum Gasteiger partial charge on any atom is 0.410 e. The molecule has 1 fully saturated rings. The fraction of sp³-hybridized carbons (Fsp3) is 0.889. The van der Waals surface area contributed by atoms with Crippen LogP contribution in [0.5, 0.6) is 0 Å². The molecule has 1 rings (SSSR count). The molecular weight excluding hydrogens is 234 g/mol. The molecule has 0 N–H and O–H groups in total. The van der Waals surface area contributed by atoms with Gasteiger partial charge in [0, 0.05) is 6.54 Å². The number of hydrogen-bond acceptors (Lipinski definition) is 5. The Labute approximate surface area is 97.4 Å². The zero-order valence-electron chi connectivity index (χ0n) is 9.60. The minimum Gasteiger partial charge on any atom is -0.750 e. The molecule has 1 saturated heterocycles. The molecule has 0 bridgehead atoms. The number of hydrogen-bond donors (Lipinski definition) is 0. The molecule has 1 aliphatic rings. The van der Waals surface area contributed by atoms with E-state index in [1.807, 2.05) is 0 Å². The average Bonchev–Trinajstić information content (AvgIpc) is 2.48. The van der Waals surface area contributed by atoms with E-state index in [1.54, 1.807) is 20.8 Å². The molecule has 0 aromatic rings. The third-order valence-corrected chi connectivity index (χ3v) is 2.44. The van der Waals surface area contributed by atoms with Crippen LogP contribution < -0.4 is 0 Å². The van der Waals surface area contributed by atoms with E-state index >= 15 is 0 Å². The maximum absolute atomic E-state index is 11.6. The molecule has 0 saturated carbocycles. The molecule has 0 aromatic carbocycles. The van der Waals surface area contributed by atoms with Crippen molar-refractivity contribution in [1.29, 1.82) is 0 Å². The van der Waals surface area contributed by atoms with Gasteiger partial charge in [-0.2, -0.15) is 0 Å². The molecule has 16 heavy (non-hydrogen) atoms. The molecule has 0 aliphatic carbocycles. The third kappa shape index (κ3) is 4.46. The molecule has 0 aromatic heterocycles. The molecule has 1 amide bonds. The van der Waals surface area contributed by atoms with Gasteiger partial charge in [0.05, 0.1) is 24.0 Å². The molecule has 2 unspecified atom stereocenters. The van der Waals surface area contributed by atoms with Crippen LogP contribution in [0.25, 0.3) is 0 Å². The van der Waals surface area contributed by atoms with E-state index in [4.69, 9.17) is 4.74 Å². The van der Waals surface area contributed by atoms with E-state index in [1.165, 1.54) is 4.90 Å². The Morgan fingerprint density at radius 1 is 1.50 bits per heavy atom. The molecule has 1 aliphatic heterocycles. The van der Waals surface area contributed by atoms with Gasteiger partial charge >= 0.3 is 6.09 Å². The van der Waals surface area contributed by atoms with Crippen LogP contribution in [-0.2, 0) is 20.3 Å². The fourth-order valence-electron chi connectivity index (χ4n) is 1.41. The fourth-order valence-corrected chi connectivity index (χ4v) is 1.79. The van der Waals surface area contributed by atoms with Gasteiger partial charge in [-0.15, -0.1) is 0 Å². The second-order valence-electron chi connectivity index (χ2n) is 4.64. The van der Waals surface area contributed by atoms with E-state index in [2.05, 4.69) is 4.18 Å². The largest absolute Gasteiger partial charge is 0.750 e. The highest BCUT2D eigenvalue weighted by Crippen LogP contribution is 2.17. The Bertz CT molecular complexity index is 288. The zero-order chi connectivity index (χ0) is 12.3. The third-order valence-electron chi connectivity index (χ3n) is 2.01. The van der Waals surface area contributed by atoms with E-state index in [0.717, 1.165) is 0 Å². The smallest absolute Gasteiger partial charge is 0.410 e. The van der Waals surface area contributed by atoms with Gasteiger partial charge in [0.25, 0.3) is 0 Å². The Kier molecular flexibility index (Phi) is 4.28. The summed E-state index contributed by atoms with van der Waals surface area (Å²) in [6, 6.07) is 0. The summed E-state index contributed by atoms with van der Waals surface area (Å²) in [7, 11) is 0. The van der Waals surface area contributed by atoms with Crippen LogP contribution in [0.4, 0.5) is 4.79 Å². The van der Waals surface area contributed by atoms with Crippen LogP contribution in [0.3, 0.4) is 0 Å². The summed E-state index contributed by atoms with van der Waals surface area (Å²) >= 11 is -2.53. The molecule has 2 atom stereocenters. The summed E-state index contributed by atoms with van der Waals surface area (Å²) in [5.74, 6) is 0. The highest BCUT2D eigenvalue weighted by molar-refractivity contribution is 7.74. The van der Waals surface area contributed by atoms with Crippen molar-refractivity contribution in [1.82, 2.24) is 4.90 Å². The summed E-state index contributed by atoms with van der Waals surface area (Å²) in [6.07, 6.45) is -0.381. The molecule has 94 valence electrons. The SMILES string of the molecule is CC(C)(C)OC(=O)N1CCC(OS(=O)[O-])C1. The van der Waals surface area contributed by atoms with Crippen LogP contribution in [-0.4, -0.2) is 44.5 Å². The van der Waals surface area contributed by atoms with Gasteiger partial charge in [0.15, 0.2) is 0 Å². The number of carbonyl (C=O) groups is 1. The van der Waals surface area contributed by atoms with Crippen LogP contribution in [0.1, 0.15) is 27.2 Å². The van der Waals surface area contributed by atoms with E-state index in [9.17, 15) is 13.6 Å². The van der Waals surface area contributed by atoms with Crippen molar-refractivity contribution in [2.75, 3.05) is 13.1 Å². The number of ether oxygens (including phenoxy) is 1. The van der Waals surface area contributed by atoms with Crippen LogP contribution in [0, 0.1) is 0 Å². The Balaban J connectivity index is 2.41. The molecule has 0 radical (unpaired) electrons. The number of amides is 1. The van der Waals surface area contributed by atoms with Crippen molar-refractivity contribution in [3.63, 3.8) is 0 Å². The van der Waals surface area contributed by atoms with E-state index < -0.39 is 29.2 Å². The van der Waals surface area contributed by atoms with Crippen LogP contribution >= 0.6 is 0 Å². The summed E-state index contributed by atoms with van der Waals surface area (Å²) < 4.78 is 30.3. The number of rotatable bonds is 2. The molecule has 6 nitrogen and oxygen atoms in total. The molecule has 7 heteroatoms. The van der Waals surface area contributed by atoms with Gasteiger partial charge < -0.3 is 14.2 Å². The Morgan fingerprint density at radius 3 is 2.62 bits per heavy atom. The number of carbonyl (C=O) groups excluding carboxylic acids is 1. The first-order chi connectivity index (χ1) is 7.28. The van der Waals surface area contributed by atoms with Crippen LogP contribution in [0.2, 0.25) is 0 Å². The van der Waals surface area contributed by atoms with Gasteiger partial charge in [-0.1, -0.05) is 0 Å². The molecular formula is C9H16NO5S-. The van der Waals surface area contributed by atoms with Crippen LogP contribution in [0.15, 0.2) is 0 Å². The maximum atomic E-state index is 11.6. The average molecular weight is 250 g/mol. The first kappa shape index (κ1) is 13.4. The predicted molar refractivity (Wildman–Crippen MR) is 56.2 cm³/mol. The van der Waals surface area contributed by atoms with Gasteiger partial charge in [0.1, 0.15) is 5.60 Å². The van der Waals surface area contributed by atoms with E-state index in [-0.39, 0.29) is 6.54 Å². The number of likely N-dealkylation sites (tertiary alicyclic amines) is 1. The van der Waals surface area contributed by atoms with Crippen molar-refractivity contribution >= 4 is 17.5 Å². The standard InChI is InChI=1S/C9H17NO5S/c1-9(2,3)14-8(11)10-5-4-7(6-10)15-16(12)13/h7H,4-6H2,1-3H3,(H,12,13)/p-1. The topological polar surface area (TPSA) is 78.9 Å². The minimum atomic E-state index is -2.53. The van der Waals surface area contributed by atoms with Crippen molar-refractivity contribution in [3.8, 4) is 0 Å². The highest BCUT2D eigenvalue weighted by atomic mass is 32.2. The highest BCUT2D eigenvalue weighted by Gasteiger charge is 2.30. The molecule has 0 spiro atoms. The second kappa shape index (κ2) is 5.11. The van der Waals surface area contributed by atoms with Gasteiger partial charge in [-0.25, -0.2) is 9.00 Å². The first-order valence-electron chi connectivity index (χ1n) is 5.02. The monoisotopic (exact) mass is 250 g/mol. The first-order valence-corrected chi connectivity index (χ1v) is 6.02. The number of nitrogens with zero attached hydrogens (tertiary/aromatic N) is 1. The van der Waals surface area contributed by atoms with Crippen molar-refractivity contribution < 1.29 is 22.5 Å². The van der Waals surface area contributed by atoms with Crippen molar-refractivity contribution in [2.45, 2.75) is 38.9 Å². The normalized spacial score (nSPS) is 23.2. The lowest BCUT2D eigenvalue weighted by Gasteiger charge is -2.24. The van der Waals surface area contributed by atoms with E-state index in [0.29, 0.717) is 13.0 Å². The lowest BCUT2D eigenvalue weighted by Crippen LogP contribution is -2.36. The zero-order valence-corrected chi connectivity index (χ0v) is 10.4. The predicted octanol–water partition coefficient (Wildman–Crippen LogP) is 0.807. The summed E-state index contributed by atoms with van der Waals surface area (Å²) in [5, 5.41) is 0. The Morgan fingerprint density at radius 2 is 2.12 bits per heavy atom. The second-order valence-corrected chi connectivity index (χ2v) is 5.24. The summed E-state index contributed by atoms with van der Waals surface area (Å²) in [4.78, 5) is 13.0. The van der Waals surface area contributed by atoms with Crippen molar-refractivity contribution in [2.24, 2.45) is 0 Å². The Hall–Kier alpha value is -0.660. The lowest BCUT2D eigenvalue weighted by molar-refractivity contribution is 0.0275. The van der Waals surface area contributed by atoms with Gasteiger partial charge in [-0.3, -0.25) is 4.18 Å².